The number of hydrogen-bond acceptors (Lipinski definition) is 6. The molecule has 0 saturated carbocycles. The Morgan fingerprint density at radius 1 is 1.21 bits per heavy atom. The van der Waals surface area contributed by atoms with Crippen LogP contribution in [0.3, 0.4) is 0 Å². The first-order chi connectivity index (χ1) is 11.3. The smallest absolute Gasteiger partial charge is 0.350 e. The third-order valence-electron chi connectivity index (χ3n) is 4.90. The summed E-state index contributed by atoms with van der Waals surface area (Å²) in [7, 11) is -3.49. The van der Waals surface area contributed by atoms with E-state index >= 15 is 0 Å². The molecule has 1 aliphatic carbocycles. The van der Waals surface area contributed by atoms with E-state index < -0.39 is 18.9 Å². The van der Waals surface area contributed by atoms with Gasteiger partial charge in [-0.15, -0.1) is 0 Å². The summed E-state index contributed by atoms with van der Waals surface area (Å²) in [5.41, 5.74) is -0.882. The molecule has 5 unspecified atom stereocenters. The fourth-order valence-electron chi connectivity index (χ4n) is 4.28. The lowest BCUT2D eigenvalue weighted by molar-refractivity contribution is -0.150. The topological polar surface area (TPSA) is 64.8 Å². The number of ether oxygens (including phenoxy) is 1. The molecule has 5 atom stereocenters. The third kappa shape index (κ3) is 2.59. The number of fused-ring (bicyclic) bond motifs is 1. The Labute approximate surface area is 144 Å². The maximum atomic E-state index is 13.7. The maximum Gasteiger partial charge on any atom is 0.350 e. The lowest BCUT2D eigenvalue weighted by Gasteiger charge is -2.36. The number of carbonyl (C=O) groups is 1. The van der Waals surface area contributed by atoms with Crippen LogP contribution in [-0.4, -0.2) is 47.0 Å². The Morgan fingerprint density at radius 3 is 2.29 bits per heavy atom. The first kappa shape index (κ1) is 18.1. The second kappa shape index (κ2) is 6.24. The van der Waals surface area contributed by atoms with Crippen LogP contribution >= 0.6 is 7.60 Å². The SMILES string of the molecule is CCOC(=O)C12C3C=CC(CC3)N1C2P(=O)(OC(C)C)OC(C)C. The summed E-state index contributed by atoms with van der Waals surface area (Å²) < 4.78 is 30.6. The van der Waals surface area contributed by atoms with Crippen LogP contribution in [0.15, 0.2) is 12.2 Å². The van der Waals surface area contributed by atoms with E-state index in [1.807, 2.05) is 32.6 Å². The van der Waals surface area contributed by atoms with Gasteiger partial charge in [0.05, 0.1) is 18.8 Å². The molecule has 2 fully saturated rings. The summed E-state index contributed by atoms with van der Waals surface area (Å²) in [5, 5.41) is 0. The Balaban J connectivity index is 2.00. The van der Waals surface area contributed by atoms with Gasteiger partial charge < -0.3 is 13.8 Å². The van der Waals surface area contributed by atoms with Crippen molar-refractivity contribution in [2.75, 3.05) is 6.61 Å². The molecule has 0 radical (unpaired) electrons. The van der Waals surface area contributed by atoms with Crippen LogP contribution in [0.5, 0.6) is 0 Å². The zero-order valence-electron chi connectivity index (χ0n) is 15.1. The van der Waals surface area contributed by atoms with Crippen LogP contribution < -0.4 is 0 Å². The normalized spacial score (nSPS) is 37.0. The third-order valence-corrected chi connectivity index (χ3v) is 7.57. The van der Waals surface area contributed by atoms with Gasteiger partial charge in [0.1, 0.15) is 5.78 Å². The zero-order valence-corrected chi connectivity index (χ0v) is 16.0. The summed E-state index contributed by atoms with van der Waals surface area (Å²) in [4.78, 5) is 14.9. The average molecular weight is 357 g/mol. The van der Waals surface area contributed by atoms with Crippen LogP contribution in [0.25, 0.3) is 0 Å². The van der Waals surface area contributed by atoms with Gasteiger partial charge in [0.2, 0.25) is 0 Å². The lowest BCUT2D eigenvalue weighted by atomic mass is 9.78. The van der Waals surface area contributed by atoms with Crippen LogP contribution in [0.1, 0.15) is 47.5 Å². The van der Waals surface area contributed by atoms with E-state index in [2.05, 4.69) is 12.2 Å². The second-order valence-corrected chi connectivity index (χ2v) is 9.30. The minimum Gasteiger partial charge on any atom is -0.465 e. The molecular formula is C17H28NO5P. The largest absolute Gasteiger partial charge is 0.465 e. The van der Waals surface area contributed by atoms with E-state index in [4.69, 9.17) is 13.8 Å². The summed E-state index contributed by atoms with van der Waals surface area (Å²) >= 11 is 0. The minimum atomic E-state index is -3.49. The lowest BCUT2D eigenvalue weighted by Crippen LogP contribution is -2.47. The maximum absolute atomic E-state index is 13.7. The molecule has 2 saturated heterocycles. The molecule has 0 aromatic carbocycles. The van der Waals surface area contributed by atoms with Crippen molar-refractivity contribution in [1.29, 1.82) is 0 Å². The van der Waals surface area contributed by atoms with Gasteiger partial charge in [-0.2, -0.15) is 0 Å². The van der Waals surface area contributed by atoms with Crippen LogP contribution in [-0.2, 0) is 23.1 Å². The first-order valence-electron chi connectivity index (χ1n) is 8.87. The number of rotatable bonds is 7. The summed E-state index contributed by atoms with van der Waals surface area (Å²) in [5.74, 6) is -0.846. The molecule has 0 amide bonds. The van der Waals surface area contributed by atoms with Gasteiger partial charge in [0.15, 0.2) is 5.54 Å². The summed E-state index contributed by atoms with van der Waals surface area (Å²) in [6.45, 7) is 9.44. The van der Waals surface area contributed by atoms with Gasteiger partial charge in [-0.05, 0) is 47.5 Å². The van der Waals surface area contributed by atoms with Crippen molar-refractivity contribution in [3.63, 3.8) is 0 Å². The molecule has 24 heavy (non-hydrogen) atoms. The molecule has 136 valence electrons. The summed E-state index contributed by atoms with van der Waals surface area (Å²) in [6.07, 6.45) is 5.56. The molecule has 0 aromatic rings. The number of carbonyl (C=O) groups excluding carboxylic acids is 1. The highest BCUT2D eigenvalue weighted by Gasteiger charge is 2.82. The van der Waals surface area contributed by atoms with Crippen molar-refractivity contribution in [2.24, 2.45) is 5.92 Å². The van der Waals surface area contributed by atoms with E-state index in [1.165, 1.54) is 0 Å². The van der Waals surface area contributed by atoms with E-state index in [0.29, 0.717) is 6.61 Å². The van der Waals surface area contributed by atoms with Crippen molar-refractivity contribution in [3.8, 4) is 0 Å². The Morgan fingerprint density at radius 2 is 1.83 bits per heavy atom. The molecule has 0 N–H and O–H groups in total. The number of nitrogens with zero attached hydrogens (tertiary/aromatic N) is 1. The van der Waals surface area contributed by atoms with Gasteiger partial charge in [0, 0.05) is 12.0 Å². The highest BCUT2D eigenvalue weighted by atomic mass is 31.2. The van der Waals surface area contributed by atoms with E-state index in [1.54, 1.807) is 6.92 Å². The molecule has 7 heteroatoms. The highest BCUT2D eigenvalue weighted by molar-refractivity contribution is 7.55. The van der Waals surface area contributed by atoms with Crippen LogP contribution in [0.2, 0.25) is 0 Å². The molecule has 3 aliphatic heterocycles. The van der Waals surface area contributed by atoms with E-state index in [-0.39, 0.29) is 30.1 Å². The van der Waals surface area contributed by atoms with Crippen LogP contribution in [0.4, 0.5) is 0 Å². The fourth-order valence-corrected chi connectivity index (χ4v) is 7.25. The Hall–Kier alpha value is -0.680. The van der Waals surface area contributed by atoms with Crippen molar-refractivity contribution < 1.29 is 23.1 Å². The van der Waals surface area contributed by atoms with Crippen molar-refractivity contribution in [3.05, 3.63) is 12.2 Å². The van der Waals surface area contributed by atoms with Gasteiger partial charge in [-0.1, -0.05) is 12.2 Å². The summed E-state index contributed by atoms with van der Waals surface area (Å²) in [6, 6.07) is 0.101. The molecule has 0 aromatic heterocycles. The molecule has 2 bridgehead atoms. The highest BCUT2D eigenvalue weighted by Crippen LogP contribution is 2.74. The molecule has 4 aliphatic rings. The zero-order chi connectivity index (χ0) is 17.7. The molecule has 6 nitrogen and oxygen atoms in total. The van der Waals surface area contributed by atoms with Crippen molar-refractivity contribution >= 4 is 13.6 Å². The number of esters is 1. The Kier molecular flexibility index (Phi) is 4.71. The van der Waals surface area contributed by atoms with Crippen molar-refractivity contribution in [2.45, 2.75) is 77.0 Å². The second-order valence-electron chi connectivity index (χ2n) is 7.31. The number of hydrogen-bond donors (Lipinski definition) is 0. The average Bonchev–Trinajstić information content (AvgIpc) is 3.21. The predicted octanol–water partition coefficient (Wildman–Crippen LogP) is 3.32. The van der Waals surface area contributed by atoms with E-state index in [0.717, 1.165) is 12.8 Å². The standard InChI is InChI=1S/C17H28NO5P/c1-6-21-16(19)17-13-7-9-14(10-8-13)18(17)15(17)24(20,22-11(2)3)23-12(4)5/h7,9,11-15H,6,8,10H2,1-5H3. The van der Waals surface area contributed by atoms with Gasteiger partial charge in [-0.25, -0.2) is 4.79 Å². The fraction of sp³-hybridized carbons (Fsp3) is 0.824. The monoisotopic (exact) mass is 357 g/mol. The molecule has 4 rings (SSSR count). The molecular weight excluding hydrogens is 329 g/mol. The quantitative estimate of drug-likeness (QED) is 0.301. The van der Waals surface area contributed by atoms with Gasteiger partial charge in [0.25, 0.3) is 0 Å². The van der Waals surface area contributed by atoms with Crippen LogP contribution in [0, 0.1) is 5.92 Å². The first-order valence-corrected chi connectivity index (χ1v) is 10.5. The van der Waals surface area contributed by atoms with Gasteiger partial charge in [-0.3, -0.25) is 9.46 Å². The van der Waals surface area contributed by atoms with Crippen molar-refractivity contribution in [1.82, 2.24) is 4.90 Å². The predicted molar refractivity (Wildman–Crippen MR) is 90.7 cm³/mol. The molecule has 3 heterocycles. The van der Waals surface area contributed by atoms with Gasteiger partial charge >= 0.3 is 13.6 Å². The van der Waals surface area contributed by atoms with E-state index in [9.17, 15) is 9.36 Å². The Bertz CT molecular complexity index is 576. The number of piperidine rings is 1. The molecule has 0 spiro atoms. The minimum absolute atomic E-state index is 0.00593.